The smallest absolute Gasteiger partial charge is 0.232 e. The molecule has 3 fully saturated rings. The molecule has 3 aliphatic rings. The second kappa shape index (κ2) is 9.53. The van der Waals surface area contributed by atoms with Crippen LogP contribution < -0.4 is 14.9 Å². The number of carbonyl (C=O) groups is 1. The number of pyridine rings is 1. The molecule has 2 aliphatic carbocycles. The maximum absolute atomic E-state index is 12.6. The van der Waals surface area contributed by atoms with Crippen LogP contribution in [0, 0.1) is 12.8 Å². The summed E-state index contributed by atoms with van der Waals surface area (Å²) in [5, 5.41) is 6.42. The Morgan fingerprint density at radius 1 is 1.08 bits per heavy atom. The fourth-order valence-electron chi connectivity index (χ4n) is 5.09. The summed E-state index contributed by atoms with van der Waals surface area (Å²) < 4.78 is 34.4. The third-order valence-corrected chi connectivity index (χ3v) is 8.84. The van der Waals surface area contributed by atoms with E-state index in [1.807, 2.05) is 29.7 Å². The normalized spacial score (nSPS) is 19.9. The van der Waals surface area contributed by atoms with Crippen molar-refractivity contribution in [3.63, 3.8) is 0 Å². The number of aromatic nitrogens is 3. The molecule has 3 heterocycles. The number of ether oxygens (including phenoxy) is 1. The standard InChI is InChI=1S/C27H34N6O4S/c1-16-28-25-21(29-20-12-11-19(17-7-8-17)14-22(20)32(2)38(3,35)36)15-23(31-27(34)18-9-10-18)30-26(25)33(16)24-6-4-5-13-37-24/h11-12,14-15,17-18,24H,4-10,13H2,1-3H3,(H2,29,30,31,34). The van der Waals surface area contributed by atoms with Crippen LogP contribution in [0.4, 0.5) is 22.9 Å². The molecular weight excluding hydrogens is 504 g/mol. The molecule has 6 rings (SSSR count). The first kappa shape index (κ1) is 25.1. The predicted molar refractivity (Wildman–Crippen MR) is 147 cm³/mol. The summed E-state index contributed by atoms with van der Waals surface area (Å²) in [7, 11) is -1.93. The first-order valence-corrected chi connectivity index (χ1v) is 15.2. The number of hydrogen-bond acceptors (Lipinski definition) is 7. The van der Waals surface area contributed by atoms with Gasteiger partial charge in [0, 0.05) is 25.6 Å². The minimum absolute atomic E-state index is 0.0298. The molecule has 2 aromatic heterocycles. The van der Waals surface area contributed by atoms with Crippen LogP contribution in [-0.2, 0) is 19.6 Å². The topological polar surface area (TPSA) is 118 Å². The van der Waals surface area contributed by atoms with E-state index < -0.39 is 10.0 Å². The van der Waals surface area contributed by atoms with E-state index in [-0.39, 0.29) is 18.1 Å². The average Bonchev–Trinajstić information content (AvgIpc) is 3.80. The number of amides is 1. The predicted octanol–water partition coefficient (Wildman–Crippen LogP) is 4.80. The maximum Gasteiger partial charge on any atom is 0.232 e. The summed E-state index contributed by atoms with van der Waals surface area (Å²) in [4.78, 5) is 22.3. The molecule has 1 aromatic carbocycles. The number of imidazole rings is 1. The SMILES string of the molecule is Cc1nc2c(Nc3ccc(C4CC4)cc3N(C)S(C)(=O)=O)cc(NC(=O)C3CC3)nc2n1C1CCCCO1. The van der Waals surface area contributed by atoms with E-state index in [0.29, 0.717) is 46.6 Å². The van der Waals surface area contributed by atoms with E-state index in [2.05, 4.69) is 10.6 Å². The molecule has 1 atom stereocenters. The van der Waals surface area contributed by atoms with Crippen molar-refractivity contribution in [3.05, 3.63) is 35.7 Å². The number of rotatable bonds is 8. The van der Waals surface area contributed by atoms with Crippen LogP contribution in [0.2, 0.25) is 0 Å². The number of nitrogens with one attached hydrogen (secondary N) is 2. The second-order valence-corrected chi connectivity index (χ2v) is 12.8. The van der Waals surface area contributed by atoms with Gasteiger partial charge in [-0.15, -0.1) is 0 Å². The van der Waals surface area contributed by atoms with Crippen molar-refractivity contribution in [2.75, 3.05) is 34.8 Å². The van der Waals surface area contributed by atoms with Crippen molar-refractivity contribution >= 4 is 50.0 Å². The zero-order valence-electron chi connectivity index (χ0n) is 22.0. The molecule has 0 radical (unpaired) electrons. The van der Waals surface area contributed by atoms with Gasteiger partial charge in [0.1, 0.15) is 23.4 Å². The van der Waals surface area contributed by atoms with Crippen LogP contribution in [0.15, 0.2) is 24.3 Å². The van der Waals surface area contributed by atoms with Gasteiger partial charge in [-0.05, 0) is 75.5 Å². The Morgan fingerprint density at radius 3 is 2.53 bits per heavy atom. The van der Waals surface area contributed by atoms with Gasteiger partial charge in [-0.25, -0.2) is 18.4 Å². The molecular formula is C27H34N6O4S. The molecule has 1 saturated heterocycles. The summed E-state index contributed by atoms with van der Waals surface area (Å²) in [5.41, 5.74) is 4.24. The molecule has 0 bridgehead atoms. The Bertz CT molecular complexity index is 1500. The number of sulfonamides is 1. The third kappa shape index (κ3) is 4.96. The molecule has 38 heavy (non-hydrogen) atoms. The van der Waals surface area contributed by atoms with Crippen molar-refractivity contribution in [3.8, 4) is 0 Å². The molecule has 1 amide bonds. The zero-order valence-corrected chi connectivity index (χ0v) is 22.8. The van der Waals surface area contributed by atoms with Crippen LogP contribution in [0.25, 0.3) is 11.2 Å². The Kier molecular flexibility index (Phi) is 6.30. The van der Waals surface area contributed by atoms with E-state index >= 15 is 0 Å². The van der Waals surface area contributed by atoms with Crippen molar-refractivity contribution in [1.82, 2.24) is 14.5 Å². The van der Waals surface area contributed by atoms with E-state index in [9.17, 15) is 13.2 Å². The minimum Gasteiger partial charge on any atom is -0.358 e. The van der Waals surface area contributed by atoms with Gasteiger partial charge in [0.15, 0.2) is 5.65 Å². The molecule has 10 nitrogen and oxygen atoms in total. The Morgan fingerprint density at radius 2 is 1.87 bits per heavy atom. The minimum atomic E-state index is -3.49. The van der Waals surface area contributed by atoms with Crippen molar-refractivity contribution in [2.24, 2.45) is 5.92 Å². The monoisotopic (exact) mass is 538 g/mol. The van der Waals surface area contributed by atoms with Gasteiger partial charge in [0.2, 0.25) is 15.9 Å². The number of fused-ring (bicyclic) bond motifs is 1. The second-order valence-electron chi connectivity index (χ2n) is 10.7. The van der Waals surface area contributed by atoms with Gasteiger partial charge >= 0.3 is 0 Å². The number of hydrogen-bond donors (Lipinski definition) is 2. The number of benzene rings is 1. The highest BCUT2D eigenvalue weighted by molar-refractivity contribution is 7.92. The first-order chi connectivity index (χ1) is 18.2. The van der Waals surface area contributed by atoms with E-state index in [1.54, 1.807) is 13.1 Å². The van der Waals surface area contributed by atoms with Gasteiger partial charge in [0.25, 0.3) is 0 Å². The highest BCUT2D eigenvalue weighted by atomic mass is 32.2. The largest absolute Gasteiger partial charge is 0.358 e. The lowest BCUT2D eigenvalue weighted by atomic mass is 10.1. The Labute approximate surface area is 222 Å². The molecule has 3 aromatic rings. The molecule has 1 aliphatic heterocycles. The number of anilines is 4. The molecule has 0 spiro atoms. The summed E-state index contributed by atoms with van der Waals surface area (Å²) in [6, 6.07) is 7.70. The lowest BCUT2D eigenvalue weighted by Crippen LogP contribution is -2.25. The van der Waals surface area contributed by atoms with E-state index in [0.717, 1.165) is 56.3 Å². The summed E-state index contributed by atoms with van der Waals surface area (Å²) in [6.45, 7) is 2.61. The lowest BCUT2D eigenvalue weighted by Gasteiger charge is -2.25. The molecule has 1 unspecified atom stereocenters. The van der Waals surface area contributed by atoms with Crippen molar-refractivity contribution in [1.29, 1.82) is 0 Å². The highest BCUT2D eigenvalue weighted by Gasteiger charge is 2.31. The Balaban J connectivity index is 1.46. The number of aryl methyl sites for hydroxylation is 1. The summed E-state index contributed by atoms with van der Waals surface area (Å²) >= 11 is 0. The first-order valence-electron chi connectivity index (χ1n) is 13.4. The fourth-order valence-corrected chi connectivity index (χ4v) is 5.59. The fraction of sp³-hybridized carbons (Fsp3) is 0.519. The van der Waals surface area contributed by atoms with Crippen LogP contribution >= 0.6 is 0 Å². The average molecular weight is 539 g/mol. The van der Waals surface area contributed by atoms with E-state index in [4.69, 9.17) is 14.7 Å². The Hall–Kier alpha value is -3.18. The lowest BCUT2D eigenvalue weighted by molar-refractivity contribution is -0.117. The third-order valence-electron chi connectivity index (χ3n) is 7.64. The quantitative estimate of drug-likeness (QED) is 0.423. The highest BCUT2D eigenvalue weighted by Crippen LogP contribution is 2.44. The van der Waals surface area contributed by atoms with Gasteiger partial charge < -0.3 is 15.4 Å². The summed E-state index contributed by atoms with van der Waals surface area (Å²) in [6.07, 6.45) is 7.98. The molecule has 2 N–H and O–H groups in total. The van der Waals surface area contributed by atoms with Gasteiger partial charge in [-0.3, -0.25) is 13.7 Å². The number of nitrogens with zero attached hydrogens (tertiary/aromatic N) is 4. The molecule has 202 valence electrons. The van der Waals surface area contributed by atoms with Crippen LogP contribution in [0.5, 0.6) is 0 Å². The van der Waals surface area contributed by atoms with Gasteiger partial charge in [-0.1, -0.05) is 6.07 Å². The number of carbonyl (C=O) groups excluding carboxylic acids is 1. The van der Waals surface area contributed by atoms with Crippen LogP contribution in [0.1, 0.15) is 68.5 Å². The zero-order chi connectivity index (χ0) is 26.6. The van der Waals surface area contributed by atoms with Crippen molar-refractivity contribution in [2.45, 2.75) is 64.0 Å². The summed E-state index contributed by atoms with van der Waals surface area (Å²) in [5.74, 6) is 1.67. The van der Waals surface area contributed by atoms with Gasteiger partial charge in [0.05, 0.1) is 23.3 Å². The molecule has 2 saturated carbocycles. The molecule has 11 heteroatoms. The van der Waals surface area contributed by atoms with Crippen LogP contribution in [0.3, 0.4) is 0 Å². The van der Waals surface area contributed by atoms with Crippen LogP contribution in [-0.4, -0.2) is 48.8 Å². The van der Waals surface area contributed by atoms with Gasteiger partial charge in [-0.2, -0.15) is 0 Å². The maximum atomic E-state index is 12.6. The van der Waals surface area contributed by atoms with E-state index in [1.165, 1.54) is 10.6 Å². The van der Waals surface area contributed by atoms with Crippen molar-refractivity contribution < 1.29 is 17.9 Å².